The summed E-state index contributed by atoms with van der Waals surface area (Å²) in [6, 6.07) is 0.329. The lowest BCUT2D eigenvalue weighted by Gasteiger charge is -2.39. The first-order valence-corrected chi connectivity index (χ1v) is 6.01. The lowest BCUT2D eigenvalue weighted by molar-refractivity contribution is 0.168. The van der Waals surface area contributed by atoms with Crippen LogP contribution in [0.4, 0.5) is 0 Å². The molecule has 0 aromatic carbocycles. The zero-order valence-corrected chi connectivity index (χ0v) is 9.81. The molecular weight excluding hydrogens is 170 g/mol. The molecule has 0 heterocycles. The standard InChI is InChI=1S/C13H25N/c1-4-11(2)10-12(14)13(3)8-6-5-7-9-13/h12H,2,4-10,14H2,1,3H3. The summed E-state index contributed by atoms with van der Waals surface area (Å²) in [7, 11) is 0. The Kier molecular flexibility index (Phi) is 4.18. The summed E-state index contributed by atoms with van der Waals surface area (Å²) >= 11 is 0. The molecule has 2 N–H and O–H groups in total. The van der Waals surface area contributed by atoms with Crippen LogP contribution in [-0.4, -0.2) is 6.04 Å². The van der Waals surface area contributed by atoms with E-state index < -0.39 is 0 Å². The lowest BCUT2D eigenvalue weighted by atomic mass is 9.69. The van der Waals surface area contributed by atoms with Gasteiger partial charge in [-0.05, 0) is 31.1 Å². The quantitative estimate of drug-likeness (QED) is 0.681. The van der Waals surface area contributed by atoms with E-state index in [0.29, 0.717) is 11.5 Å². The molecule has 0 aliphatic heterocycles. The van der Waals surface area contributed by atoms with E-state index in [1.54, 1.807) is 0 Å². The van der Waals surface area contributed by atoms with Crippen molar-refractivity contribution in [1.29, 1.82) is 0 Å². The van der Waals surface area contributed by atoms with Crippen LogP contribution in [-0.2, 0) is 0 Å². The van der Waals surface area contributed by atoms with Crippen molar-refractivity contribution in [3.63, 3.8) is 0 Å². The first-order valence-electron chi connectivity index (χ1n) is 6.01. The fraction of sp³-hybridized carbons (Fsp3) is 0.846. The molecule has 0 aromatic rings. The van der Waals surface area contributed by atoms with Gasteiger partial charge < -0.3 is 5.73 Å². The zero-order chi connectivity index (χ0) is 10.6. The Hall–Kier alpha value is -0.300. The summed E-state index contributed by atoms with van der Waals surface area (Å²) in [4.78, 5) is 0. The molecule has 82 valence electrons. The van der Waals surface area contributed by atoms with E-state index in [-0.39, 0.29) is 0 Å². The second-order valence-corrected chi connectivity index (χ2v) is 5.13. The fourth-order valence-electron chi connectivity index (χ4n) is 2.43. The molecule has 1 aliphatic rings. The predicted octanol–water partition coefficient (Wildman–Crippen LogP) is 3.64. The SMILES string of the molecule is C=C(CC)CC(N)C1(C)CCCCC1. The Labute approximate surface area is 88.8 Å². The average Bonchev–Trinajstić information content (AvgIpc) is 2.18. The topological polar surface area (TPSA) is 26.0 Å². The molecule has 0 radical (unpaired) electrons. The number of hydrogen-bond donors (Lipinski definition) is 1. The van der Waals surface area contributed by atoms with Gasteiger partial charge in [0.1, 0.15) is 0 Å². The third-order valence-electron chi connectivity index (χ3n) is 3.90. The van der Waals surface area contributed by atoms with E-state index in [2.05, 4.69) is 20.4 Å². The molecule has 1 rings (SSSR count). The molecule has 0 saturated heterocycles. The lowest BCUT2D eigenvalue weighted by Crippen LogP contribution is -2.41. The Morgan fingerprint density at radius 2 is 1.93 bits per heavy atom. The third-order valence-corrected chi connectivity index (χ3v) is 3.90. The summed E-state index contributed by atoms with van der Waals surface area (Å²) in [5.74, 6) is 0. The second-order valence-electron chi connectivity index (χ2n) is 5.13. The summed E-state index contributed by atoms with van der Waals surface area (Å²) in [5.41, 5.74) is 7.99. The van der Waals surface area contributed by atoms with Crippen molar-refractivity contribution < 1.29 is 0 Å². The van der Waals surface area contributed by atoms with Gasteiger partial charge in [0.15, 0.2) is 0 Å². The Morgan fingerprint density at radius 1 is 1.36 bits per heavy atom. The van der Waals surface area contributed by atoms with Gasteiger partial charge in [0, 0.05) is 6.04 Å². The summed E-state index contributed by atoms with van der Waals surface area (Å²) in [5, 5.41) is 0. The number of nitrogens with two attached hydrogens (primary N) is 1. The molecule has 0 amide bonds. The van der Waals surface area contributed by atoms with Crippen LogP contribution in [0.2, 0.25) is 0 Å². The average molecular weight is 195 g/mol. The molecule has 1 aliphatic carbocycles. The van der Waals surface area contributed by atoms with Crippen LogP contribution < -0.4 is 5.73 Å². The third kappa shape index (κ3) is 2.84. The Morgan fingerprint density at radius 3 is 2.43 bits per heavy atom. The predicted molar refractivity (Wildman–Crippen MR) is 63.2 cm³/mol. The van der Waals surface area contributed by atoms with Crippen LogP contribution in [0, 0.1) is 5.41 Å². The van der Waals surface area contributed by atoms with Gasteiger partial charge >= 0.3 is 0 Å². The van der Waals surface area contributed by atoms with Crippen LogP contribution >= 0.6 is 0 Å². The van der Waals surface area contributed by atoms with E-state index in [1.165, 1.54) is 37.7 Å². The van der Waals surface area contributed by atoms with E-state index in [4.69, 9.17) is 5.73 Å². The van der Waals surface area contributed by atoms with Crippen molar-refractivity contribution in [2.45, 2.75) is 64.8 Å². The fourth-order valence-corrected chi connectivity index (χ4v) is 2.43. The molecule has 1 saturated carbocycles. The number of hydrogen-bond acceptors (Lipinski definition) is 1. The highest BCUT2D eigenvalue weighted by Gasteiger charge is 2.32. The molecule has 1 atom stereocenters. The molecule has 0 aromatic heterocycles. The maximum Gasteiger partial charge on any atom is 0.0130 e. The Balaban J connectivity index is 2.48. The largest absolute Gasteiger partial charge is 0.327 e. The maximum absolute atomic E-state index is 6.30. The van der Waals surface area contributed by atoms with Crippen molar-refractivity contribution >= 4 is 0 Å². The van der Waals surface area contributed by atoms with Gasteiger partial charge in [-0.25, -0.2) is 0 Å². The summed E-state index contributed by atoms with van der Waals surface area (Å²) in [6.45, 7) is 8.58. The van der Waals surface area contributed by atoms with Crippen LogP contribution in [0.25, 0.3) is 0 Å². The first kappa shape index (κ1) is 11.8. The van der Waals surface area contributed by atoms with Crippen LogP contribution in [0.3, 0.4) is 0 Å². The monoisotopic (exact) mass is 195 g/mol. The van der Waals surface area contributed by atoms with E-state index in [1.807, 2.05) is 0 Å². The highest BCUT2D eigenvalue weighted by molar-refractivity contribution is 5.00. The van der Waals surface area contributed by atoms with Crippen molar-refractivity contribution in [2.75, 3.05) is 0 Å². The minimum Gasteiger partial charge on any atom is -0.327 e. The molecule has 0 bridgehead atoms. The van der Waals surface area contributed by atoms with Gasteiger partial charge in [0.25, 0.3) is 0 Å². The van der Waals surface area contributed by atoms with Crippen molar-refractivity contribution in [1.82, 2.24) is 0 Å². The van der Waals surface area contributed by atoms with Gasteiger partial charge in [-0.1, -0.05) is 45.3 Å². The molecule has 1 heteroatoms. The molecule has 14 heavy (non-hydrogen) atoms. The summed E-state index contributed by atoms with van der Waals surface area (Å²) < 4.78 is 0. The van der Waals surface area contributed by atoms with Gasteiger partial charge in [0.05, 0.1) is 0 Å². The van der Waals surface area contributed by atoms with Gasteiger partial charge in [0.2, 0.25) is 0 Å². The minimum absolute atomic E-state index is 0.329. The molecule has 1 fully saturated rings. The van der Waals surface area contributed by atoms with Crippen LogP contribution in [0.1, 0.15) is 58.8 Å². The molecule has 1 unspecified atom stereocenters. The smallest absolute Gasteiger partial charge is 0.0130 e. The highest BCUT2D eigenvalue weighted by atomic mass is 14.7. The van der Waals surface area contributed by atoms with Crippen LogP contribution in [0.5, 0.6) is 0 Å². The molecule has 1 nitrogen and oxygen atoms in total. The van der Waals surface area contributed by atoms with Crippen molar-refractivity contribution in [2.24, 2.45) is 11.1 Å². The zero-order valence-electron chi connectivity index (χ0n) is 9.81. The van der Waals surface area contributed by atoms with Crippen LogP contribution in [0.15, 0.2) is 12.2 Å². The van der Waals surface area contributed by atoms with Gasteiger partial charge in [-0.3, -0.25) is 0 Å². The van der Waals surface area contributed by atoms with Crippen molar-refractivity contribution in [3.8, 4) is 0 Å². The highest BCUT2D eigenvalue weighted by Crippen LogP contribution is 2.39. The van der Waals surface area contributed by atoms with E-state index in [0.717, 1.165) is 12.8 Å². The normalized spacial score (nSPS) is 23.1. The van der Waals surface area contributed by atoms with Gasteiger partial charge in [-0.2, -0.15) is 0 Å². The maximum atomic E-state index is 6.30. The van der Waals surface area contributed by atoms with Crippen molar-refractivity contribution in [3.05, 3.63) is 12.2 Å². The van der Waals surface area contributed by atoms with Gasteiger partial charge in [-0.15, -0.1) is 0 Å². The van der Waals surface area contributed by atoms with E-state index in [9.17, 15) is 0 Å². The molecular formula is C13H25N. The second kappa shape index (κ2) is 4.97. The minimum atomic E-state index is 0.329. The first-order chi connectivity index (χ1) is 6.58. The number of rotatable bonds is 4. The summed E-state index contributed by atoms with van der Waals surface area (Å²) in [6.07, 6.45) is 8.84. The Bertz CT molecular complexity index is 189. The molecule has 0 spiro atoms. The van der Waals surface area contributed by atoms with E-state index >= 15 is 0 Å².